The van der Waals surface area contributed by atoms with Crippen LogP contribution in [-0.2, 0) is 19.4 Å². The Morgan fingerprint density at radius 2 is 2.11 bits per heavy atom. The molecular formula is C16H18N4O6S. The fourth-order valence-corrected chi connectivity index (χ4v) is 4.73. The minimum atomic E-state index is -3.20. The van der Waals surface area contributed by atoms with E-state index in [2.05, 4.69) is 10.4 Å². The summed E-state index contributed by atoms with van der Waals surface area (Å²) in [5.74, 6) is -1.07. The quantitative estimate of drug-likeness (QED) is 0.597. The van der Waals surface area contributed by atoms with E-state index in [0.717, 1.165) is 5.01 Å². The van der Waals surface area contributed by atoms with Gasteiger partial charge in [0, 0.05) is 25.0 Å². The number of non-ortho nitro benzene ring substituents is 1. The van der Waals surface area contributed by atoms with Crippen LogP contribution in [0.5, 0.6) is 0 Å². The summed E-state index contributed by atoms with van der Waals surface area (Å²) >= 11 is 0. The van der Waals surface area contributed by atoms with E-state index in [1.807, 2.05) is 0 Å². The zero-order valence-corrected chi connectivity index (χ0v) is 15.4. The van der Waals surface area contributed by atoms with Gasteiger partial charge in [-0.1, -0.05) is 6.07 Å². The van der Waals surface area contributed by atoms with E-state index >= 15 is 0 Å². The predicted molar refractivity (Wildman–Crippen MR) is 97.0 cm³/mol. The summed E-state index contributed by atoms with van der Waals surface area (Å²) in [4.78, 5) is 35.0. The molecule has 0 saturated carbocycles. The number of hydrogen-bond donors (Lipinski definition) is 1. The van der Waals surface area contributed by atoms with E-state index in [4.69, 9.17) is 0 Å². The van der Waals surface area contributed by atoms with Crippen molar-refractivity contribution in [2.75, 3.05) is 16.8 Å². The number of anilines is 1. The van der Waals surface area contributed by atoms with Gasteiger partial charge in [0.2, 0.25) is 5.91 Å². The molecule has 0 bridgehead atoms. The second-order valence-electron chi connectivity index (χ2n) is 6.55. The van der Waals surface area contributed by atoms with Crippen molar-refractivity contribution in [3.8, 4) is 0 Å². The Morgan fingerprint density at radius 3 is 2.74 bits per heavy atom. The first kappa shape index (κ1) is 19.0. The average Bonchev–Trinajstić information content (AvgIpc) is 2.96. The van der Waals surface area contributed by atoms with Crippen LogP contribution in [-0.4, -0.2) is 53.4 Å². The third-order valence-electron chi connectivity index (χ3n) is 4.56. The SMILES string of the molecule is Cc1ccc([N+](=O)[O-])cc1NC(=O)C1=NN([C@@H]2CCS(=O)(=O)C2)C(=O)CC1. The van der Waals surface area contributed by atoms with Crippen LogP contribution < -0.4 is 5.32 Å². The molecule has 0 unspecified atom stereocenters. The Kier molecular flexibility index (Phi) is 4.96. The number of nitro groups is 1. The van der Waals surface area contributed by atoms with Crippen molar-refractivity contribution in [1.29, 1.82) is 0 Å². The Hall–Kier alpha value is -2.82. The standard InChI is InChI=1S/C16H18N4O6S/c1-10-2-3-11(20(23)24)8-14(10)17-16(22)13-4-5-15(21)19(18-13)12-6-7-27(25,26)9-12/h2-3,8,12H,4-7,9H2,1H3,(H,17,22)/t12-/m1/s1. The average molecular weight is 394 g/mol. The molecular weight excluding hydrogens is 376 g/mol. The lowest BCUT2D eigenvalue weighted by Crippen LogP contribution is -2.42. The number of amides is 2. The Bertz CT molecular complexity index is 956. The van der Waals surface area contributed by atoms with Gasteiger partial charge >= 0.3 is 0 Å². The second-order valence-corrected chi connectivity index (χ2v) is 8.78. The smallest absolute Gasteiger partial charge is 0.271 e. The van der Waals surface area contributed by atoms with Crippen LogP contribution >= 0.6 is 0 Å². The molecule has 1 N–H and O–H groups in total. The van der Waals surface area contributed by atoms with E-state index in [-0.39, 0.29) is 53.8 Å². The first-order valence-electron chi connectivity index (χ1n) is 8.32. The number of nitrogens with one attached hydrogen (secondary N) is 1. The molecule has 2 aliphatic rings. The molecule has 2 amide bonds. The van der Waals surface area contributed by atoms with Crippen LogP contribution in [0.15, 0.2) is 23.3 Å². The normalized spacial score (nSPS) is 21.7. The maximum atomic E-state index is 12.5. The molecule has 0 radical (unpaired) electrons. The lowest BCUT2D eigenvalue weighted by Gasteiger charge is -2.27. The van der Waals surface area contributed by atoms with Crippen molar-refractivity contribution in [2.45, 2.75) is 32.2 Å². The molecule has 0 aromatic heterocycles. The zero-order chi connectivity index (χ0) is 19.8. The summed E-state index contributed by atoms with van der Waals surface area (Å²) in [6, 6.07) is 3.55. The van der Waals surface area contributed by atoms with Crippen molar-refractivity contribution >= 4 is 38.7 Å². The molecule has 144 valence electrons. The summed E-state index contributed by atoms with van der Waals surface area (Å²) < 4.78 is 23.3. The number of nitro benzene ring substituents is 1. The number of benzene rings is 1. The number of nitrogens with zero attached hydrogens (tertiary/aromatic N) is 3. The van der Waals surface area contributed by atoms with Gasteiger partial charge in [-0.2, -0.15) is 5.10 Å². The van der Waals surface area contributed by atoms with E-state index < -0.39 is 26.7 Å². The number of aryl methyl sites for hydroxylation is 1. The van der Waals surface area contributed by atoms with E-state index in [1.54, 1.807) is 6.92 Å². The summed E-state index contributed by atoms with van der Waals surface area (Å²) in [5, 5.41) is 18.7. The number of sulfone groups is 1. The second kappa shape index (κ2) is 7.06. The monoisotopic (exact) mass is 394 g/mol. The molecule has 1 atom stereocenters. The van der Waals surface area contributed by atoms with Crippen LogP contribution in [0.4, 0.5) is 11.4 Å². The van der Waals surface area contributed by atoms with Crippen LogP contribution in [0, 0.1) is 17.0 Å². The van der Waals surface area contributed by atoms with Gasteiger partial charge in [0.1, 0.15) is 5.71 Å². The van der Waals surface area contributed by atoms with Gasteiger partial charge in [-0.05, 0) is 18.9 Å². The van der Waals surface area contributed by atoms with Gasteiger partial charge in [-0.3, -0.25) is 19.7 Å². The molecule has 1 fully saturated rings. The number of carbonyl (C=O) groups is 2. The summed E-state index contributed by atoms with van der Waals surface area (Å²) in [5.41, 5.74) is 0.850. The molecule has 2 heterocycles. The van der Waals surface area contributed by atoms with Crippen molar-refractivity contribution in [3.05, 3.63) is 33.9 Å². The number of carbonyl (C=O) groups excluding carboxylic acids is 2. The number of hydrogen-bond acceptors (Lipinski definition) is 7. The van der Waals surface area contributed by atoms with Crippen LogP contribution in [0.25, 0.3) is 0 Å². The molecule has 1 saturated heterocycles. The van der Waals surface area contributed by atoms with Gasteiger partial charge in [0.05, 0.1) is 28.2 Å². The Balaban J connectivity index is 1.80. The first-order chi connectivity index (χ1) is 12.7. The van der Waals surface area contributed by atoms with Gasteiger partial charge < -0.3 is 5.32 Å². The highest BCUT2D eigenvalue weighted by Gasteiger charge is 2.37. The van der Waals surface area contributed by atoms with Crippen LogP contribution in [0.3, 0.4) is 0 Å². The Labute approximate surface area is 155 Å². The fourth-order valence-electron chi connectivity index (χ4n) is 3.04. The molecule has 27 heavy (non-hydrogen) atoms. The fraction of sp³-hybridized carbons (Fsp3) is 0.438. The maximum absolute atomic E-state index is 12.5. The van der Waals surface area contributed by atoms with Gasteiger partial charge in [-0.15, -0.1) is 0 Å². The highest BCUT2D eigenvalue weighted by atomic mass is 32.2. The summed E-state index contributed by atoms with van der Waals surface area (Å²) in [6.07, 6.45) is 0.460. The highest BCUT2D eigenvalue weighted by molar-refractivity contribution is 7.91. The van der Waals surface area contributed by atoms with E-state index in [9.17, 15) is 28.1 Å². The molecule has 0 spiro atoms. The topological polar surface area (TPSA) is 139 Å². The molecule has 10 nitrogen and oxygen atoms in total. The van der Waals surface area contributed by atoms with Crippen LogP contribution in [0.1, 0.15) is 24.8 Å². The molecule has 0 aliphatic carbocycles. The van der Waals surface area contributed by atoms with E-state index in [0.29, 0.717) is 5.56 Å². The lowest BCUT2D eigenvalue weighted by molar-refractivity contribution is -0.384. The van der Waals surface area contributed by atoms with Crippen molar-refractivity contribution < 1.29 is 22.9 Å². The Morgan fingerprint density at radius 1 is 1.37 bits per heavy atom. The van der Waals surface area contributed by atoms with Gasteiger partial charge in [0.15, 0.2) is 9.84 Å². The molecule has 11 heteroatoms. The predicted octanol–water partition coefficient (Wildman–Crippen LogP) is 1.01. The zero-order valence-electron chi connectivity index (χ0n) is 14.5. The molecule has 3 rings (SSSR count). The summed E-state index contributed by atoms with van der Waals surface area (Å²) in [6.45, 7) is 1.70. The number of hydrazone groups is 1. The van der Waals surface area contributed by atoms with Crippen molar-refractivity contribution in [2.24, 2.45) is 5.10 Å². The third-order valence-corrected chi connectivity index (χ3v) is 6.31. The van der Waals surface area contributed by atoms with Crippen molar-refractivity contribution in [3.63, 3.8) is 0 Å². The molecule has 1 aromatic carbocycles. The molecule has 2 aliphatic heterocycles. The minimum Gasteiger partial charge on any atom is -0.320 e. The van der Waals surface area contributed by atoms with Gasteiger partial charge in [0.25, 0.3) is 11.6 Å². The largest absolute Gasteiger partial charge is 0.320 e. The highest BCUT2D eigenvalue weighted by Crippen LogP contribution is 2.24. The first-order valence-corrected chi connectivity index (χ1v) is 10.1. The van der Waals surface area contributed by atoms with Gasteiger partial charge in [-0.25, -0.2) is 13.4 Å². The third kappa shape index (κ3) is 4.13. The maximum Gasteiger partial charge on any atom is 0.271 e. The van der Waals surface area contributed by atoms with Crippen molar-refractivity contribution in [1.82, 2.24) is 5.01 Å². The van der Waals surface area contributed by atoms with E-state index in [1.165, 1.54) is 18.2 Å². The lowest BCUT2D eigenvalue weighted by atomic mass is 10.1. The van der Waals surface area contributed by atoms with Crippen LogP contribution in [0.2, 0.25) is 0 Å². The number of rotatable bonds is 4. The molecule has 1 aromatic rings. The minimum absolute atomic E-state index is 0.00856. The summed E-state index contributed by atoms with van der Waals surface area (Å²) in [7, 11) is -3.20.